The Morgan fingerprint density at radius 2 is 2.00 bits per heavy atom. The molecular weight excluding hydrogens is 304 g/mol. The van der Waals surface area contributed by atoms with Gasteiger partial charge in [0.05, 0.1) is 24.2 Å². The maximum Gasteiger partial charge on any atom is 0.234 e. The summed E-state index contributed by atoms with van der Waals surface area (Å²) in [5.74, 6) is 0.362. The highest BCUT2D eigenvalue weighted by Crippen LogP contribution is 2.20. The summed E-state index contributed by atoms with van der Waals surface area (Å²) in [4.78, 5) is 13.7. The summed E-state index contributed by atoms with van der Waals surface area (Å²) in [5.41, 5.74) is 0. The minimum absolute atomic E-state index is 0.0264. The molecule has 7 heteroatoms. The van der Waals surface area contributed by atoms with Crippen LogP contribution in [0.5, 0.6) is 0 Å². The summed E-state index contributed by atoms with van der Waals surface area (Å²) in [6, 6.07) is -0.0264. The number of carbonyl (C=O) groups excluding carboxylic acids is 1. The maximum absolute atomic E-state index is 11.8. The molecule has 1 N–H and O–H groups in total. The lowest BCUT2D eigenvalue weighted by Gasteiger charge is -2.22. The first-order valence-corrected chi connectivity index (χ1v) is 10.1. The highest BCUT2D eigenvalue weighted by Gasteiger charge is 2.31. The molecule has 1 saturated heterocycles. The van der Waals surface area contributed by atoms with E-state index in [4.69, 9.17) is 4.74 Å². The van der Waals surface area contributed by atoms with Gasteiger partial charge >= 0.3 is 0 Å². The predicted octanol–water partition coefficient (Wildman–Crippen LogP) is 0.571. The fourth-order valence-electron chi connectivity index (χ4n) is 3.14. The minimum Gasteiger partial charge on any atom is -0.378 e. The van der Waals surface area contributed by atoms with E-state index in [-0.39, 0.29) is 30.0 Å². The van der Waals surface area contributed by atoms with E-state index in [0.717, 1.165) is 6.42 Å². The first-order chi connectivity index (χ1) is 10.5. The van der Waals surface area contributed by atoms with Crippen LogP contribution in [0.4, 0.5) is 0 Å². The number of ether oxygens (including phenoxy) is 1. The molecule has 1 aliphatic carbocycles. The second-order valence-electron chi connectivity index (χ2n) is 6.45. The number of nitrogens with one attached hydrogen (secondary N) is 1. The van der Waals surface area contributed by atoms with Crippen molar-refractivity contribution in [1.29, 1.82) is 0 Å². The third kappa shape index (κ3) is 5.85. The van der Waals surface area contributed by atoms with Gasteiger partial charge in [-0.25, -0.2) is 8.42 Å². The van der Waals surface area contributed by atoms with Crippen LogP contribution in [0.1, 0.15) is 38.5 Å². The van der Waals surface area contributed by atoms with Crippen LogP contribution in [0.2, 0.25) is 0 Å². The molecule has 1 saturated carbocycles. The van der Waals surface area contributed by atoms with Crippen molar-refractivity contribution in [3.05, 3.63) is 0 Å². The number of sulfone groups is 1. The first kappa shape index (κ1) is 17.7. The highest BCUT2D eigenvalue weighted by molar-refractivity contribution is 7.91. The van der Waals surface area contributed by atoms with Gasteiger partial charge in [-0.05, 0) is 32.7 Å². The van der Waals surface area contributed by atoms with Crippen molar-refractivity contribution in [3.63, 3.8) is 0 Å². The number of amides is 1. The van der Waals surface area contributed by atoms with Crippen molar-refractivity contribution >= 4 is 15.7 Å². The molecule has 2 aliphatic rings. The number of likely N-dealkylation sites (N-methyl/N-ethyl adjacent to an activating group) is 1. The Bertz CT molecular complexity index is 460. The molecule has 1 amide bonds. The molecule has 2 rings (SSSR count). The van der Waals surface area contributed by atoms with E-state index in [2.05, 4.69) is 5.32 Å². The zero-order chi connectivity index (χ0) is 16.0. The Morgan fingerprint density at radius 1 is 1.27 bits per heavy atom. The van der Waals surface area contributed by atoms with E-state index in [1.807, 2.05) is 11.9 Å². The molecule has 0 unspecified atom stereocenters. The van der Waals surface area contributed by atoms with Gasteiger partial charge in [-0.1, -0.05) is 12.8 Å². The SMILES string of the molecule is CN(CC(=O)NCCCOC1CCCC1)[C@H]1CCS(=O)(=O)C1. The van der Waals surface area contributed by atoms with Crippen LogP contribution >= 0.6 is 0 Å². The van der Waals surface area contributed by atoms with Crippen LogP contribution in [0.25, 0.3) is 0 Å². The molecule has 6 nitrogen and oxygen atoms in total. The number of hydrogen-bond acceptors (Lipinski definition) is 5. The third-order valence-corrected chi connectivity index (χ3v) is 6.27. The van der Waals surface area contributed by atoms with E-state index in [1.165, 1.54) is 25.7 Å². The van der Waals surface area contributed by atoms with Gasteiger partial charge in [0.2, 0.25) is 5.91 Å². The van der Waals surface area contributed by atoms with Crippen LogP contribution in [0.15, 0.2) is 0 Å². The van der Waals surface area contributed by atoms with Crippen LogP contribution in [-0.2, 0) is 19.4 Å². The Hall–Kier alpha value is -0.660. The zero-order valence-electron chi connectivity index (χ0n) is 13.4. The molecule has 1 atom stereocenters. The van der Waals surface area contributed by atoms with Gasteiger partial charge in [0.15, 0.2) is 9.84 Å². The van der Waals surface area contributed by atoms with Gasteiger partial charge in [-0.15, -0.1) is 0 Å². The van der Waals surface area contributed by atoms with Crippen molar-refractivity contribution in [1.82, 2.24) is 10.2 Å². The van der Waals surface area contributed by atoms with Crippen LogP contribution in [0.3, 0.4) is 0 Å². The van der Waals surface area contributed by atoms with Crippen LogP contribution in [0, 0.1) is 0 Å². The lowest BCUT2D eigenvalue weighted by Crippen LogP contribution is -2.41. The average Bonchev–Trinajstić information content (AvgIpc) is 3.07. The Labute approximate surface area is 133 Å². The van der Waals surface area contributed by atoms with Crippen molar-refractivity contribution < 1.29 is 17.9 Å². The first-order valence-electron chi connectivity index (χ1n) is 8.25. The Kier molecular flexibility index (Phi) is 6.65. The van der Waals surface area contributed by atoms with Gasteiger partial charge in [0.25, 0.3) is 0 Å². The fourth-order valence-corrected chi connectivity index (χ4v) is 4.94. The normalized spacial score (nSPS) is 24.9. The predicted molar refractivity (Wildman–Crippen MR) is 85.5 cm³/mol. The van der Waals surface area contributed by atoms with Crippen molar-refractivity contribution in [2.45, 2.75) is 50.7 Å². The summed E-state index contributed by atoms with van der Waals surface area (Å²) in [6.07, 6.45) is 6.75. The molecule has 0 radical (unpaired) electrons. The van der Waals surface area contributed by atoms with Gasteiger partial charge in [-0.2, -0.15) is 0 Å². The number of carbonyl (C=O) groups is 1. The molecule has 0 aromatic rings. The largest absolute Gasteiger partial charge is 0.378 e. The minimum atomic E-state index is -2.90. The second kappa shape index (κ2) is 8.26. The molecule has 22 heavy (non-hydrogen) atoms. The van der Waals surface area contributed by atoms with Crippen molar-refractivity contribution in [3.8, 4) is 0 Å². The van der Waals surface area contributed by atoms with E-state index < -0.39 is 9.84 Å². The van der Waals surface area contributed by atoms with Gasteiger partial charge < -0.3 is 10.1 Å². The van der Waals surface area contributed by atoms with Crippen LogP contribution in [-0.4, -0.2) is 69.6 Å². The summed E-state index contributed by atoms with van der Waals surface area (Å²) in [7, 11) is -1.08. The molecule has 2 fully saturated rings. The number of hydrogen-bond donors (Lipinski definition) is 1. The molecule has 0 spiro atoms. The summed E-state index contributed by atoms with van der Waals surface area (Å²) in [6.45, 7) is 1.56. The average molecular weight is 332 g/mol. The van der Waals surface area contributed by atoms with Crippen molar-refractivity contribution in [2.75, 3.05) is 38.2 Å². The zero-order valence-corrected chi connectivity index (χ0v) is 14.2. The van der Waals surface area contributed by atoms with E-state index >= 15 is 0 Å². The molecule has 1 aliphatic heterocycles. The number of nitrogens with zero attached hydrogens (tertiary/aromatic N) is 1. The topological polar surface area (TPSA) is 75.7 Å². The second-order valence-corrected chi connectivity index (χ2v) is 8.68. The monoisotopic (exact) mass is 332 g/mol. The van der Waals surface area contributed by atoms with E-state index in [1.54, 1.807) is 0 Å². The summed E-state index contributed by atoms with van der Waals surface area (Å²) < 4.78 is 28.6. The fraction of sp³-hybridized carbons (Fsp3) is 0.933. The molecule has 128 valence electrons. The highest BCUT2D eigenvalue weighted by atomic mass is 32.2. The Morgan fingerprint density at radius 3 is 2.64 bits per heavy atom. The van der Waals surface area contributed by atoms with E-state index in [9.17, 15) is 13.2 Å². The molecule has 0 aromatic heterocycles. The lowest BCUT2D eigenvalue weighted by molar-refractivity contribution is -0.122. The molecule has 0 bridgehead atoms. The van der Waals surface area contributed by atoms with Crippen molar-refractivity contribution in [2.24, 2.45) is 0 Å². The third-order valence-electron chi connectivity index (χ3n) is 4.52. The molecule has 1 heterocycles. The van der Waals surface area contributed by atoms with Crippen LogP contribution < -0.4 is 5.32 Å². The maximum atomic E-state index is 11.8. The Balaban J connectivity index is 1.53. The summed E-state index contributed by atoms with van der Waals surface area (Å²) in [5, 5.41) is 2.87. The molecule has 0 aromatic carbocycles. The van der Waals surface area contributed by atoms with Gasteiger partial charge in [0.1, 0.15) is 0 Å². The quantitative estimate of drug-likeness (QED) is 0.658. The number of rotatable bonds is 8. The van der Waals surface area contributed by atoms with E-state index in [0.29, 0.717) is 25.7 Å². The lowest BCUT2D eigenvalue weighted by atomic mass is 10.2. The standard InChI is InChI=1S/C15H28N2O4S/c1-17(13-7-10-22(19,20)12-13)11-15(18)16-8-4-9-21-14-5-2-3-6-14/h13-14H,2-12H2,1H3,(H,16,18)/t13-/m0/s1. The summed E-state index contributed by atoms with van der Waals surface area (Å²) >= 11 is 0. The molecular formula is C15H28N2O4S. The smallest absolute Gasteiger partial charge is 0.234 e. The van der Waals surface area contributed by atoms with Gasteiger partial charge in [-0.3, -0.25) is 9.69 Å². The van der Waals surface area contributed by atoms with Gasteiger partial charge in [0, 0.05) is 19.2 Å².